The summed E-state index contributed by atoms with van der Waals surface area (Å²) in [6.07, 6.45) is 2.65. The predicted molar refractivity (Wildman–Crippen MR) is 136 cm³/mol. The summed E-state index contributed by atoms with van der Waals surface area (Å²) in [4.78, 5) is 25.5. The second kappa shape index (κ2) is 13.6. The van der Waals surface area contributed by atoms with Gasteiger partial charge in [0.15, 0.2) is 6.10 Å². The minimum atomic E-state index is -0.890. The zero-order chi connectivity index (χ0) is 25.1. The van der Waals surface area contributed by atoms with Crippen LogP contribution in [0.25, 0.3) is 0 Å². The van der Waals surface area contributed by atoms with Gasteiger partial charge in [-0.25, -0.2) is 5.43 Å². The molecule has 0 aliphatic rings. The van der Waals surface area contributed by atoms with Crippen molar-refractivity contribution in [2.24, 2.45) is 11.0 Å². The van der Waals surface area contributed by atoms with E-state index in [1.54, 1.807) is 31.2 Å². The predicted octanol–water partition coefficient (Wildman–Crippen LogP) is 5.01. The number of para-hydroxylation sites is 1. The minimum Gasteiger partial charge on any atom is -0.489 e. The molecule has 2 aromatic rings. The minimum absolute atomic E-state index is 0.148. The van der Waals surface area contributed by atoms with Crippen LogP contribution >= 0.6 is 23.2 Å². The zero-order valence-electron chi connectivity index (χ0n) is 19.4. The maximum absolute atomic E-state index is 12.8. The number of hydrogen-bond acceptors (Lipinski definition) is 5. The van der Waals surface area contributed by atoms with E-state index in [-0.39, 0.29) is 10.9 Å². The van der Waals surface area contributed by atoms with Gasteiger partial charge in [-0.3, -0.25) is 9.59 Å². The summed E-state index contributed by atoms with van der Waals surface area (Å²) in [6, 6.07) is 11.2. The van der Waals surface area contributed by atoms with Crippen molar-refractivity contribution in [2.45, 2.75) is 39.3 Å². The quantitative estimate of drug-likeness (QED) is 0.241. The van der Waals surface area contributed by atoms with Gasteiger partial charge in [0.05, 0.1) is 11.2 Å². The first-order valence-electron chi connectivity index (χ1n) is 10.8. The molecule has 2 N–H and O–H groups in total. The Kier molecular flexibility index (Phi) is 10.9. The highest BCUT2D eigenvalue weighted by atomic mass is 35.5. The molecule has 0 radical (unpaired) electrons. The maximum Gasteiger partial charge on any atom is 0.262 e. The Labute approximate surface area is 210 Å². The average molecular weight is 506 g/mol. The Balaban J connectivity index is 2.02. The van der Waals surface area contributed by atoms with Crippen molar-refractivity contribution in [1.29, 1.82) is 0 Å². The van der Waals surface area contributed by atoms with Crippen molar-refractivity contribution < 1.29 is 19.1 Å². The molecule has 0 aromatic heterocycles. The number of amides is 2. The lowest BCUT2D eigenvalue weighted by Crippen LogP contribution is -2.49. The van der Waals surface area contributed by atoms with Crippen LogP contribution in [0.1, 0.15) is 32.8 Å². The van der Waals surface area contributed by atoms with Gasteiger partial charge in [-0.2, -0.15) is 5.10 Å². The summed E-state index contributed by atoms with van der Waals surface area (Å²) >= 11 is 12.0. The van der Waals surface area contributed by atoms with Crippen molar-refractivity contribution in [3.63, 3.8) is 0 Å². The number of nitrogens with zero attached hydrogens (tertiary/aromatic N) is 1. The van der Waals surface area contributed by atoms with E-state index in [2.05, 4.69) is 22.4 Å². The van der Waals surface area contributed by atoms with Gasteiger partial charge in [0.2, 0.25) is 0 Å². The number of carbonyl (C=O) groups is 2. The van der Waals surface area contributed by atoms with Crippen LogP contribution < -0.4 is 20.2 Å². The van der Waals surface area contributed by atoms with Crippen LogP contribution in [0.15, 0.2) is 60.2 Å². The fourth-order valence-electron chi connectivity index (χ4n) is 2.92. The molecule has 0 aliphatic carbocycles. The largest absolute Gasteiger partial charge is 0.489 e. The molecule has 0 unspecified atom stereocenters. The lowest BCUT2D eigenvalue weighted by atomic mass is 10.0. The van der Waals surface area contributed by atoms with Gasteiger partial charge < -0.3 is 14.8 Å². The summed E-state index contributed by atoms with van der Waals surface area (Å²) < 4.78 is 11.2. The number of hydrazone groups is 1. The first-order chi connectivity index (χ1) is 16.2. The van der Waals surface area contributed by atoms with Gasteiger partial charge in [-0.1, -0.05) is 61.8 Å². The van der Waals surface area contributed by atoms with Crippen molar-refractivity contribution in [3.05, 3.63) is 70.7 Å². The molecule has 0 spiro atoms. The standard InChI is InChI=1S/C25H29Cl2N3O4/c1-5-12-33-22-9-7-6-8-18(22)15-28-30-25(32)21(13-16(2)3)29-24(31)17(4)34-23-11-10-19(26)14-20(23)27/h5-11,14-17,21H,1,12-13H2,2-4H3,(H,29,31)(H,30,32)/b28-15-/t17-,21+/m0/s1. The van der Waals surface area contributed by atoms with E-state index in [9.17, 15) is 9.59 Å². The molecule has 9 heteroatoms. The number of halogens is 2. The van der Waals surface area contributed by atoms with Crippen molar-refractivity contribution in [1.82, 2.24) is 10.7 Å². The monoisotopic (exact) mass is 505 g/mol. The molecule has 182 valence electrons. The van der Waals surface area contributed by atoms with E-state index in [0.717, 1.165) is 0 Å². The third-order valence-electron chi connectivity index (χ3n) is 4.56. The lowest BCUT2D eigenvalue weighted by molar-refractivity contribution is -0.132. The molecule has 0 fully saturated rings. The van der Waals surface area contributed by atoms with Crippen LogP contribution in [0.4, 0.5) is 0 Å². The summed E-state index contributed by atoms with van der Waals surface area (Å²) in [5, 5.41) is 7.51. The van der Waals surface area contributed by atoms with Crippen molar-refractivity contribution in [2.75, 3.05) is 6.61 Å². The third kappa shape index (κ3) is 8.72. The molecule has 0 aliphatic heterocycles. The normalized spacial score (nSPS) is 12.8. The Morgan fingerprint density at radius 2 is 1.82 bits per heavy atom. The molecule has 0 saturated carbocycles. The molecule has 7 nitrogen and oxygen atoms in total. The summed E-state index contributed by atoms with van der Waals surface area (Å²) in [5.74, 6) is 0.174. The van der Waals surface area contributed by atoms with Gasteiger partial charge in [0, 0.05) is 10.6 Å². The van der Waals surface area contributed by atoms with Crippen molar-refractivity contribution >= 4 is 41.2 Å². The van der Waals surface area contributed by atoms with E-state index >= 15 is 0 Å². The van der Waals surface area contributed by atoms with Crippen LogP contribution in [0.2, 0.25) is 10.0 Å². The number of carbonyl (C=O) groups excluding carboxylic acids is 2. The van der Waals surface area contributed by atoms with E-state index in [0.29, 0.717) is 35.1 Å². The van der Waals surface area contributed by atoms with Crippen LogP contribution in [0, 0.1) is 5.92 Å². The first-order valence-corrected chi connectivity index (χ1v) is 11.5. The number of rotatable bonds is 12. The number of ether oxygens (including phenoxy) is 2. The van der Waals surface area contributed by atoms with E-state index < -0.39 is 24.0 Å². The molecule has 0 bridgehead atoms. The highest BCUT2D eigenvalue weighted by molar-refractivity contribution is 6.35. The smallest absolute Gasteiger partial charge is 0.262 e. The molecule has 2 rings (SSSR count). The van der Waals surface area contributed by atoms with Gasteiger partial charge in [-0.15, -0.1) is 0 Å². The topological polar surface area (TPSA) is 89.0 Å². The second-order valence-electron chi connectivity index (χ2n) is 7.90. The summed E-state index contributed by atoms with van der Waals surface area (Å²) in [6.45, 7) is 9.46. The number of hydrogen-bond donors (Lipinski definition) is 2. The SMILES string of the molecule is C=CCOc1ccccc1/C=N\NC(=O)[C@@H](CC(C)C)NC(=O)[C@H](C)Oc1ccc(Cl)cc1Cl. The number of benzene rings is 2. The fraction of sp³-hybridized carbons (Fsp3) is 0.320. The fourth-order valence-corrected chi connectivity index (χ4v) is 3.37. The summed E-state index contributed by atoms with van der Waals surface area (Å²) in [5.41, 5.74) is 3.18. The highest BCUT2D eigenvalue weighted by Gasteiger charge is 2.25. The van der Waals surface area contributed by atoms with E-state index in [1.807, 2.05) is 32.0 Å². The molecule has 0 heterocycles. The summed E-state index contributed by atoms with van der Waals surface area (Å²) in [7, 11) is 0. The Morgan fingerprint density at radius 1 is 1.09 bits per heavy atom. The van der Waals surface area contributed by atoms with Gasteiger partial charge in [-0.05, 0) is 49.6 Å². The van der Waals surface area contributed by atoms with E-state index in [1.165, 1.54) is 12.3 Å². The molecule has 34 heavy (non-hydrogen) atoms. The van der Waals surface area contributed by atoms with Crippen LogP contribution in [-0.2, 0) is 9.59 Å². The molecular weight excluding hydrogens is 477 g/mol. The second-order valence-corrected chi connectivity index (χ2v) is 8.74. The maximum atomic E-state index is 12.8. The molecular formula is C25H29Cl2N3O4. The molecule has 0 saturated heterocycles. The number of nitrogens with one attached hydrogen (secondary N) is 2. The van der Waals surface area contributed by atoms with Crippen LogP contribution in [0.5, 0.6) is 11.5 Å². The first kappa shape index (κ1) is 27.2. The van der Waals surface area contributed by atoms with Gasteiger partial charge in [0.1, 0.15) is 24.1 Å². The highest BCUT2D eigenvalue weighted by Crippen LogP contribution is 2.28. The van der Waals surface area contributed by atoms with Crippen LogP contribution in [-0.4, -0.2) is 36.8 Å². The average Bonchev–Trinajstić information content (AvgIpc) is 2.79. The van der Waals surface area contributed by atoms with Crippen LogP contribution in [0.3, 0.4) is 0 Å². The Bertz CT molecular complexity index is 1030. The molecule has 2 amide bonds. The zero-order valence-corrected chi connectivity index (χ0v) is 20.9. The Hall–Kier alpha value is -3.03. The van der Waals surface area contributed by atoms with Gasteiger partial charge in [0.25, 0.3) is 11.8 Å². The van der Waals surface area contributed by atoms with E-state index in [4.69, 9.17) is 32.7 Å². The molecule has 2 atom stereocenters. The lowest BCUT2D eigenvalue weighted by Gasteiger charge is -2.22. The van der Waals surface area contributed by atoms with Gasteiger partial charge >= 0.3 is 0 Å². The third-order valence-corrected chi connectivity index (χ3v) is 5.09. The Morgan fingerprint density at radius 3 is 2.50 bits per heavy atom. The van der Waals surface area contributed by atoms with Crippen molar-refractivity contribution in [3.8, 4) is 11.5 Å². The molecule has 2 aromatic carbocycles.